The minimum Gasteiger partial charge on any atom is -0.493 e. The van der Waals surface area contributed by atoms with Crippen LogP contribution in [0.15, 0.2) is 54.7 Å². The summed E-state index contributed by atoms with van der Waals surface area (Å²) in [6.45, 7) is -0.317. The summed E-state index contributed by atoms with van der Waals surface area (Å²) in [7, 11) is 3.04. The number of aromatic nitrogens is 1. The number of nitrogens with one attached hydrogen (secondary N) is 1. The second-order valence-corrected chi connectivity index (χ2v) is 7.06. The average molecular weight is 449 g/mol. The number of hydrogen-bond donors (Lipinski definition) is 2. The Morgan fingerprint density at radius 2 is 1.70 bits per heavy atom. The molecular formula is C24H20FN3O5. The molecule has 0 saturated carbocycles. The fourth-order valence-corrected chi connectivity index (χ4v) is 3.50. The van der Waals surface area contributed by atoms with Crippen LogP contribution in [0.1, 0.15) is 10.4 Å². The van der Waals surface area contributed by atoms with E-state index in [4.69, 9.17) is 19.9 Å². The third-order valence-corrected chi connectivity index (χ3v) is 5.05. The molecule has 0 saturated heterocycles. The van der Waals surface area contributed by atoms with E-state index in [0.717, 1.165) is 0 Å². The first kappa shape index (κ1) is 21.8. The molecule has 0 aliphatic carbocycles. The zero-order valence-electron chi connectivity index (χ0n) is 17.8. The number of carbonyl (C=O) groups is 2. The molecule has 3 aromatic carbocycles. The van der Waals surface area contributed by atoms with Gasteiger partial charge >= 0.3 is 0 Å². The lowest BCUT2D eigenvalue weighted by molar-refractivity contribution is -0.117. The van der Waals surface area contributed by atoms with E-state index >= 15 is 4.39 Å². The standard InChI is InChI=1S/C24H20FN3O5/c1-31-20-10-16-17(11-21(20)32-2)27-9-8-18(16)33-19-7-6-13-14(23(19)25)4-3-5-15(13)24(30)28-12-22(26)29/h3-11H,12H2,1-2H3,(H2,26,29)(H,28,30). The highest BCUT2D eigenvalue weighted by molar-refractivity contribution is 6.08. The number of carbonyl (C=O) groups excluding carboxylic acids is 2. The van der Waals surface area contributed by atoms with Gasteiger partial charge in [0.05, 0.1) is 26.3 Å². The fraction of sp³-hybridized carbons (Fsp3) is 0.125. The molecule has 0 aliphatic rings. The lowest BCUT2D eigenvalue weighted by atomic mass is 10.0. The predicted molar refractivity (Wildman–Crippen MR) is 120 cm³/mol. The molecule has 0 fully saturated rings. The molecule has 0 atom stereocenters. The van der Waals surface area contributed by atoms with Crippen LogP contribution in [0.4, 0.5) is 4.39 Å². The topological polar surface area (TPSA) is 113 Å². The highest BCUT2D eigenvalue weighted by Gasteiger charge is 2.17. The number of nitrogens with two attached hydrogens (primary N) is 1. The van der Waals surface area contributed by atoms with Gasteiger partial charge in [-0.1, -0.05) is 12.1 Å². The molecular weight excluding hydrogens is 429 g/mol. The highest BCUT2D eigenvalue weighted by Crippen LogP contribution is 2.38. The molecule has 33 heavy (non-hydrogen) atoms. The lowest BCUT2D eigenvalue weighted by Crippen LogP contribution is -2.33. The Kier molecular flexibility index (Phi) is 5.95. The molecule has 0 bridgehead atoms. The van der Waals surface area contributed by atoms with Crippen molar-refractivity contribution < 1.29 is 28.2 Å². The van der Waals surface area contributed by atoms with Gasteiger partial charge in [-0.15, -0.1) is 0 Å². The van der Waals surface area contributed by atoms with Crippen molar-refractivity contribution in [1.29, 1.82) is 0 Å². The van der Waals surface area contributed by atoms with Gasteiger partial charge in [-0.05, 0) is 35.7 Å². The Hall–Kier alpha value is -4.40. The Morgan fingerprint density at radius 3 is 2.42 bits per heavy atom. The van der Waals surface area contributed by atoms with Gasteiger partial charge in [0, 0.05) is 28.6 Å². The number of rotatable bonds is 7. The maximum atomic E-state index is 15.4. The summed E-state index contributed by atoms with van der Waals surface area (Å²) < 4.78 is 32.0. The van der Waals surface area contributed by atoms with Crippen LogP contribution in [-0.4, -0.2) is 37.6 Å². The third-order valence-electron chi connectivity index (χ3n) is 5.05. The van der Waals surface area contributed by atoms with Crippen molar-refractivity contribution in [2.75, 3.05) is 20.8 Å². The minimum absolute atomic E-state index is 0.0283. The maximum absolute atomic E-state index is 15.4. The summed E-state index contributed by atoms with van der Waals surface area (Å²) in [4.78, 5) is 27.7. The Balaban J connectivity index is 1.74. The summed E-state index contributed by atoms with van der Waals surface area (Å²) in [5, 5.41) is 3.58. The number of primary amides is 1. The van der Waals surface area contributed by atoms with Crippen LogP contribution in [0.2, 0.25) is 0 Å². The van der Waals surface area contributed by atoms with E-state index in [0.29, 0.717) is 33.5 Å². The Labute approximate surface area is 188 Å². The van der Waals surface area contributed by atoms with Crippen LogP contribution < -0.4 is 25.3 Å². The number of benzene rings is 3. The van der Waals surface area contributed by atoms with Crippen molar-refractivity contribution in [3.63, 3.8) is 0 Å². The SMILES string of the molecule is COc1cc2nccc(Oc3ccc4c(C(=O)NCC(N)=O)cccc4c3F)c2cc1OC. The van der Waals surface area contributed by atoms with Crippen LogP contribution in [0, 0.1) is 5.82 Å². The molecule has 4 rings (SSSR count). The van der Waals surface area contributed by atoms with E-state index in [1.165, 1.54) is 26.4 Å². The van der Waals surface area contributed by atoms with Gasteiger partial charge < -0.3 is 25.3 Å². The van der Waals surface area contributed by atoms with Gasteiger partial charge in [0.2, 0.25) is 5.91 Å². The van der Waals surface area contributed by atoms with E-state index in [9.17, 15) is 9.59 Å². The number of nitrogens with zero attached hydrogens (tertiary/aromatic N) is 1. The van der Waals surface area contributed by atoms with Crippen molar-refractivity contribution in [3.05, 3.63) is 66.1 Å². The van der Waals surface area contributed by atoms with Crippen molar-refractivity contribution in [2.24, 2.45) is 5.73 Å². The number of amides is 2. The van der Waals surface area contributed by atoms with Crippen molar-refractivity contribution in [1.82, 2.24) is 10.3 Å². The smallest absolute Gasteiger partial charge is 0.252 e. The average Bonchev–Trinajstić information content (AvgIpc) is 2.83. The van der Waals surface area contributed by atoms with Gasteiger partial charge in [-0.2, -0.15) is 0 Å². The van der Waals surface area contributed by atoms with Crippen LogP contribution in [0.25, 0.3) is 21.7 Å². The van der Waals surface area contributed by atoms with Crippen molar-refractivity contribution in [3.8, 4) is 23.0 Å². The molecule has 9 heteroatoms. The van der Waals surface area contributed by atoms with Gasteiger partial charge in [0.1, 0.15) is 5.75 Å². The third kappa shape index (κ3) is 4.20. The first-order chi connectivity index (χ1) is 15.9. The van der Waals surface area contributed by atoms with Crippen LogP contribution >= 0.6 is 0 Å². The zero-order chi connectivity index (χ0) is 23.5. The van der Waals surface area contributed by atoms with E-state index in [1.807, 2.05) is 0 Å². The van der Waals surface area contributed by atoms with E-state index in [-0.39, 0.29) is 23.2 Å². The maximum Gasteiger partial charge on any atom is 0.252 e. The fourth-order valence-electron chi connectivity index (χ4n) is 3.50. The molecule has 3 N–H and O–H groups in total. The number of fused-ring (bicyclic) bond motifs is 2. The molecule has 8 nitrogen and oxygen atoms in total. The van der Waals surface area contributed by atoms with E-state index in [2.05, 4.69) is 10.3 Å². The van der Waals surface area contributed by atoms with Crippen LogP contribution in [0.3, 0.4) is 0 Å². The first-order valence-electron chi connectivity index (χ1n) is 9.89. The summed E-state index contributed by atoms with van der Waals surface area (Å²) in [5.74, 6) is -0.517. The predicted octanol–water partition coefficient (Wildman–Crippen LogP) is 3.55. The van der Waals surface area contributed by atoms with Gasteiger partial charge in [0.25, 0.3) is 5.91 Å². The molecule has 1 heterocycles. The van der Waals surface area contributed by atoms with Crippen molar-refractivity contribution >= 4 is 33.5 Å². The summed E-state index contributed by atoms with van der Waals surface area (Å²) in [6.07, 6.45) is 1.55. The second-order valence-electron chi connectivity index (χ2n) is 7.06. The molecule has 0 radical (unpaired) electrons. The summed E-state index contributed by atoms with van der Waals surface area (Å²) >= 11 is 0. The number of halogens is 1. The van der Waals surface area contributed by atoms with Gasteiger partial charge in [-0.25, -0.2) is 4.39 Å². The van der Waals surface area contributed by atoms with Crippen molar-refractivity contribution in [2.45, 2.75) is 0 Å². The quantitative estimate of drug-likeness (QED) is 0.446. The zero-order valence-corrected chi connectivity index (χ0v) is 17.8. The number of hydrogen-bond acceptors (Lipinski definition) is 6. The van der Waals surface area contributed by atoms with Crippen LogP contribution in [-0.2, 0) is 4.79 Å². The molecule has 2 amide bonds. The molecule has 4 aromatic rings. The molecule has 0 spiro atoms. The van der Waals surface area contributed by atoms with Crippen LogP contribution in [0.5, 0.6) is 23.0 Å². The monoisotopic (exact) mass is 449 g/mol. The highest BCUT2D eigenvalue weighted by atomic mass is 19.1. The Morgan fingerprint density at radius 1 is 0.939 bits per heavy atom. The van der Waals surface area contributed by atoms with E-state index < -0.39 is 17.6 Å². The van der Waals surface area contributed by atoms with Gasteiger partial charge in [-0.3, -0.25) is 14.6 Å². The molecule has 0 aliphatic heterocycles. The Bertz CT molecular complexity index is 1390. The number of pyridine rings is 1. The van der Waals surface area contributed by atoms with E-state index in [1.54, 1.807) is 42.6 Å². The normalized spacial score (nSPS) is 10.8. The number of ether oxygens (including phenoxy) is 3. The second kappa shape index (κ2) is 8.99. The summed E-state index contributed by atoms with van der Waals surface area (Å²) in [5.41, 5.74) is 5.87. The number of methoxy groups -OCH3 is 2. The molecule has 1 aromatic heterocycles. The largest absolute Gasteiger partial charge is 0.493 e. The summed E-state index contributed by atoms with van der Waals surface area (Å²) in [6, 6.07) is 12.7. The minimum atomic E-state index is -0.677. The molecule has 168 valence electrons. The molecule has 0 unspecified atom stereocenters. The van der Waals surface area contributed by atoms with Gasteiger partial charge in [0.15, 0.2) is 23.1 Å². The first-order valence-corrected chi connectivity index (χ1v) is 9.89. The lowest BCUT2D eigenvalue weighted by Gasteiger charge is -2.14.